The van der Waals surface area contributed by atoms with E-state index < -0.39 is 21.7 Å². The van der Waals surface area contributed by atoms with Crippen LogP contribution in [-0.4, -0.2) is 42.2 Å². The molecule has 1 heterocycles. The molecule has 0 unspecified atom stereocenters. The van der Waals surface area contributed by atoms with Crippen molar-refractivity contribution in [3.8, 4) is 0 Å². The van der Waals surface area contributed by atoms with Gasteiger partial charge >= 0.3 is 5.97 Å². The lowest BCUT2D eigenvalue weighted by Crippen LogP contribution is -2.38. The fourth-order valence-electron chi connectivity index (χ4n) is 1.73. The fourth-order valence-corrected chi connectivity index (χ4v) is 4.03. The Morgan fingerprint density at radius 2 is 2.22 bits per heavy atom. The molecule has 0 aromatic carbocycles. The average molecular weight is 292 g/mol. The molecule has 1 aromatic heterocycles. The van der Waals surface area contributed by atoms with E-state index in [0.29, 0.717) is 12.8 Å². The summed E-state index contributed by atoms with van der Waals surface area (Å²) in [5.41, 5.74) is 0.728. The third kappa shape index (κ3) is 2.69. The monoisotopic (exact) mass is 292 g/mol. The van der Waals surface area contributed by atoms with Gasteiger partial charge in [0, 0.05) is 6.54 Å². The highest BCUT2D eigenvalue weighted by molar-refractivity contribution is 7.91. The van der Waals surface area contributed by atoms with E-state index in [-0.39, 0.29) is 22.8 Å². The van der Waals surface area contributed by atoms with Crippen molar-refractivity contribution in [2.24, 2.45) is 5.92 Å². The van der Waals surface area contributed by atoms with Gasteiger partial charge < -0.3 is 10.2 Å². The third-order valence-electron chi connectivity index (χ3n) is 2.75. The van der Waals surface area contributed by atoms with E-state index in [0.717, 1.165) is 11.3 Å². The van der Waals surface area contributed by atoms with Crippen molar-refractivity contribution in [2.45, 2.75) is 23.2 Å². The molecule has 0 spiro atoms. The maximum atomic E-state index is 11.9. The van der Waals surface area contributed by atoms with Crippen molar-refractivity contribution in [3.63, 3.8) is 0 Å². The van der Waals surface area contributed by atoms with Crippen LogP contribution in [0.5, 0.6) is 0 Å². The molecule has 1 aliphatic rings. The number of thiazole rings is 1. The van der Waals surface area contributed by atoms with Crippen molar-refractivity contribution in [1.29, 1.82) is 0 Å². The molecule has 0 aliphatic heterocycles. The Morgan fingerprint density at radius 3 is 2.78 bits per heavy atom. The summed E-state index contributed by atoms with van der Waals surface area (Å²) in [6, 6.07) is 0. The van der Waals surface area contributed by atoms with Crippen LogP contribution in [0.3, 0.4) is 0 Å². The van der Waals surface area contributed by atoms with Gasteiger partial charge in [0.1, 0.15) is 0 Å². The molecule has 0 atom stereocenters. The van der Waals surface area contributed by atoms with Gasteiger partial charge in [-0.05, 0) is 18.8 Å². The van der Waals surface area contributed by atoms with Gasteiger partial charge in [-0.25, -0.2) is 22.9 Å². The number of carbonyl (C=O) groups is 1. The Bertz CT molecular complexity index is 547. The third-order valence-corrected chi connectivity index (χ3v) is 5.55. The number of hydrogen-bond acceptors (Lipinski definition) is 6. The molecule has 0 radical (unpaired) electrons. The van der Waals surface area contributed by atoms with Crippen molar-refractivity contribution >= 4 is 27.3 Å². The first-order valence-corrected chi connectivity index (χ1v) is 7.61. The zero-order valence-electron chi connectivity index (χ0n) is 9.24. The largest absolute Gasteiger partial charge is 0.476 e. The highest BCUT2D eigenvalue weighted by Gasteiger charge is 2.30. The number of nitrogens with one attached hydrogen (secondary N) is 1. The summed E-state index contributed by atoms with van der Waals surface area (Å²) in [7, 11) is -3.84. The minimum absolute atomic E-state index is 0.107. The Kier molecular flexibility index (Phi) is 3.66. The molecular formula is C9H12N2O5S2. The Hall–Kier alpha value is -1.03. The summed E-state index contributed by atoms with van der Waals surface area (Å²) in [5.74, 6) is -1.26. The quantitative estimate of drug-likeness (QED) is 0.697. The molecule has 0 bridgehead atoms. The smallest absolute Gasteiger partial charge is 0.356 e. The fraction of sp³-hybridized carbons (Fsp3) is 0.556. The predicted octanol–water partition coefficient (Wildman–Crippen LogP) is -0.110. The van der Waals surface area contributed by atoms with Gasteiger partial charge in [0.2, 0.25) is 0 Å². The summed E-state index contributed by atoms with van der Waals surface area (Å²) in [4.78, 5) is 14.3. The summed E-state index contributed by atoms with van der Waals surface area (Å²) in [5, 5.41) is 17.9. The summed E-state index contributed by atoms with van der Waals surface area (Å²) in [6.45, 7) is 0.205. The Morgan fingerprint density at radius 1 is 1.56 bits per heavy atom. The van der Waals surface area contributed by atoms with Crippen LogP contribution < -0.4 is 4.72 Å². The van der Waals surface area contributed by atoms with Gasteiger partial charge in [-0.1, -0.05) is 0 Å². The second-order valence-electron chi connectivity index (χ2n) is 4.14. The standard InChI is InChI=1S/C9H12N2O5S2/c12-6-1-5(2-6)3-11-18(15,16)9-7(8(13)14)10-4-17-9/h4-6,11-12H,1-3H2,(H,13,14). The van der Waals surface area contributed by atoms with Crippen LogP contribution in [0.2, 0.25) is 0 Å². The number of carboxylic acids is 1. The zero-order chi connectivity index (χ0) is 13.3. The first-order chi connectivity index (χ1) is 8.40. The van der Waals surface area contributed by atoms with Crippen molar-refractivity contribution in [1.82, 2.24) is 9.71 Å². The Balaban J connectivity index is 2.06. The minimum atomic E-state index is -3.84. The lowest BCUT2D eigenvalue weighted by Gasteiger charge is -2.31. The molecule has 100 valence electrons. The van der Waals surface area contributed by atoms with E-state index in [4.69, 9.17) is 10.2 Å². The number of aliphatic hydroxyl groups is 1. The first kappa shape index (κ1) is 13.4. The number of aliphatic hydroxyl groups excluding tert-OH is 1. The number of nitrogens with zero attached hydrogens (tertiary/aromatic N) is 1. The SMILES string of the molecule is O=C(O)c1ncsc1S(=O)(=O)NCC1CC(O)C1. The van der Waals surface area contributed by atoms with Gasteiger partial charge in [-0.15, -0.1) is 11.3 Å². The number of sulfonamides is 1. The van der Waals surface area contributed by atoms with Crippen LogP contribution in [0.25, 0.3) is 0 Å². The summed E-state index contributed by atoms with van der Waals surface area (Å²) >= 11 is 0.771. The summed E-state index contributed by atoms with van der Waals surface area (Å²) in [6.07, 6.45) is 0.783. The topological polar surface area (TPSA) is 117 Å². The van der Waals surface area contributed by atoms with Gasteiger partial charge in [0.15, 0.2) is 9.90 Å². The second-order valence-corrected chi connectivity index (χ2v) is 6.95. The zero-order valence-corrected chi connectivity index (χ0v) is 10.9. The van der Waals surface area contributed by atoms with Crippen LogP contribution in [-0.2, 0) is 10.0 Å². The highest BCUT2D eigenvalue weighted by Crippen LogP contribution is 2.27. The van der Waals surface area contributed by atoms with E-state index in [1.54, 1.807) is 0 Å². The lowest BCUT2D eigenvalue weighted by molar-refractivity contribution is 0.0453. The molecular weight excluding hydrogens is 280 g/mol. The molecule has 1 fully saturated rings. The lowest BCUT2D eigenvalue weighted by atomic mass is 9.83. The van der Waals surface area contributed by atoms with E-state index in [1.807, 2.05) is 0 Å². The number of rotatable bonds is 5. The molecule has 2 rings (SSSR count). The molecule has 3 N–H and O–H groups in total. The molecule has 18 heavy (non-hydrogen) atoms. The van der Waals surface area contributed by atoms with Crippen LogP contribution in [0.4, 0.5) is 0 Å². The van der Waals surface area contributed by atoms with E-state index in [1.165, 1.54) is 5.51 Å². The maximum Gasteiger partial charge on any atom is 0.356 e. The van der Waals surface area contributed by atoms with Gasteiger partial charge in [-0.3, -0.25) is 0 Å². The van der Waals surface area contributed by atoms with E-state index >= 15 is 0 Å². The molecule has 0 amide bonds. The van der Waals surface area contributed by atoms with Crippen LogP contribution >= 0.6 is 11.3 Å². The molecule has 9 heteroatoms. The van der Waals surface area contributed by atoms with Gasteiger partial charge in [-0.2, -0.15) is 0 Å². The first-order valence-electron chi connectivity index (χ1n) is 5.24. The van der Waals surface area contributed by atoms with Crippen LogP contribution in [0.15, 0.2) is 9.72 Å². The number of aromatic nitrogens is 1. The van der Waals surface area contributed by atoms with Crippen LogP contribution in [0.1, 0.15) is 23.3 Å². The molecule has 0 saturated heterocycles. The van der Waals surface area contributed by atoms with Crippen molar-refractivity contribution in [3.05, 3.63) is 11.2 Å². The van der Waals surface area contributed by atoms with Gasteiger partial charge in [0.05, 0.1) is 11.6 Å². The van der Waals surface area contributed by atoms with Gasteiger partial charge in [0.25, 0.3) is 10.0 Å². The number of hydrogen-bond donors (Lipinski definition) is 3. The van der Waals surface area contributed by atoms with E-state index in [9.17, 15) is 13.2 Å². The second kappa shape index (κ2) is 4.92. The summed E-state index contributed by atoms with van der Waals surface area (Å²) < 4.78 is 25.8. The predicted molar refractivity (Wildman–Crippen MR) is 63.0 cm³/mol. The molecule has 1 aliphatic carbocycles. The number of carboxylic acid groups (broad SMARTS) is 1. The molecule has 1 saturated carbocycles. The maximum absolute atomic E-state index is 11.9. The highest BCUT2D eigenvalue weighted by atomic mass is 32.2. The Labute approximate surface area is 108 Å². The normalized spacial score (nSPS) is 23.6. The van der Waals surface area contributed by atoms with E-state index in [2.05, 4.69) is 9.71 Å². The van der Waals surface area contributed by atoms with Crippen molar-refractivity contribution < 1.29 is 23.4 Å². The van der Waals surface area contributed by atoms with Crippen LogP contribution in [0, 0.1) is 5.92 Å². The molecule has 1 aromatic rings. The van der Waals surface area contributed by atoms with Crippen molar-refractivity contribution in [2.75, 3.05) is 6.54 Å². The number of aromatic carboxylic acids is 1. The minimum Gasteiger partial charge on any atom is -0.476 e. The average Bonchev–Trinajstić information content (AvgIpc) is 2.72. The molecule has 7 nitrogen and oxygen atoms in total.